The molecule has 2 aromatic carbocycles. The number of halogens is 1. The molecular formula is C13H11FO. The second-order valence-electron chi connectivity index (χ2n) is 3.30. The summed E-state index contributed by atoms with van der Waals surface area (Å²) in [5.41, 5.74) is 0.791. The Morgan fingerprint density at radius 1 is 0.933 bits per heavy atom. The Kier molecular flexibility index (Phi) is 2.68. The molecule has 0 heterocycles. The normalized spacial score (nSPS) is 10.0. The number of para-hydroxylation sites is 2. The van der Waals surface area contributed by atoms with Gasteiger partial charge in [-0.05, 0) is 30.7 Å². The van der Waals surface area contributed by atoms with E-state index in [9.17, 15) is 4.39 Å². The molecule has 0 aromatic heterocycles. The van der Waals surface area contributed by atoms with E-state index < -0.39 is 0 Å². The zero-order valence-electron chi connectivity index (χ0n) is 8.41. The number of rotatable bonds is 2. The van der Waals surface area contributed by atoms with E-state index in [-0.39, 0.29) is 5.82 Å². The van der Waals surface area contributed by atoms with Crippen molar-refractivity contribution in [1.82, 2.24) is 0 Å². The minimum absolute atomic E-state index is 0.295. The molecule has 1 nitrogen and oxygen atoms in total. The van der Waals surface area contributed by atoms with Crippen molar-refractivity contribution in [3.8, 4) is 11.5 Å². The number of hydrogen-bond acceptors (Lipinski definition) is 1. The van der Waals surface area contributed by atoms with Crippen LogP contribution in [0, 0.1) is 12.7 Å². The van der Waals surface area contributed by atoms with Crippen LogP contribution in [0.15, 0.2) is 48.5 Å². The Morgan fingerprint density at radius 3 is 2.33 bits per heavy atom. The van der Waals surface area contributed by atoms with Gasteiger partial charge in [-0.25, -0.2) is 4.39 Å². The zero-order chi connectivity index (χ0) is 10.7. The Labute approximate surface area is 88.1 Å². The van der Waals surface area contributed by atoms with E-state index in [0.717, 1.165) is 5.56 Å². The van der Waals surface area contributed by atoms with Crippen LogP contribution in [0.3, 0.4) is 0 Å². The molecule has 0 radical (unpaired) electrons. The van der Waals surface area contributed by atoms with E-state index in [4.69, 9.17) is 4.74 Å². The molecule has 0 fully saturated rings. The van der Waals surface area contributed by atoms with Crippen molar-refractivity contribution in [2.75, 3.05) is 0 Å². The minimum Gasteiger partial charge on any atom is -0.454 e. The first-order valence-electron chi connectivity index (χ1n) is 4.75. The Morgan fingerprint density at radius 2 is 1.67 bits per heavy atom. The van der Waals surface area contributed by atoms with Gasteiger partial charge in [0.25, 0.3) is 0 Å². The molecule has 15 heavy (non-hydrogen) atoms. The van der Waals surface area contributed by atoms with Crippen LogP contribution in [0.5, 0.6) is 11.5 Å². The molecule has 76 valence electrons. The van der Waals surface area contributed by atoms with Crippen molar-refractivity contribution >= 4 is 0 Å². The summed E-state index contributed by atoms with van der Waals surface area (Å²) in [6.07, 6.45) is 0. The first kappa shape index (κ1) is 9.71. The highest BCUT2D eigenvalue weighted by molar-refractivity contribution is 5.37. The maximum Gasteiger partial charge on any atom is 0.165 e. The van der Waals surface area contributed by atoms with Crippen LogP contribution >= 0.6 is 0 Å². The van der Waals surface area contributed by atoms with E-state index in [1.165, 1.54) is 6.07 Å². The monoisotopic (exact) mass is 202 g/mol. The van der Waals surface area contributed by atoms with Gasteiger partial charge in [-0.15, -0.1) is 0 Å². The van der Waals surface area contributed by atoms with Gasteiger partial charge >= 0.3 is 0 Å². The van der Waals surface area contributed by atoms with Gasteiger partial charge in [0.2, 0.25) is 0 Å². The molecule has 0 unspecified atom stereocenters. The van der Waals surface area contributed by atoms with Crippen LogP contribution in [0.4, 0.5) is 4.39 Å². The number of ether oxygens (including phenoxy) is 1. The summed E-state index contributed by atoms with van der Waals surface area (Å²) in [5, 5.41) is 0. The van der Waals surface area contributed by atoms with Crippen molar-refractivity contribution < 1.29 is 9.13 Å². The maximum absolute atomic E-state index is 13.4. The summed E-state index contributed by atoms with van der Waals surface area (Å²) in [4.78, 5) is 0. The lowest BCUT2D eigenvalue weighted by Gasteiger charge is -2.08. The average Bonchev–Trinajstić information content (AvgIpc) is 2.25. The average molecular weight is 202 g/mol. The van der Waals surface area contributed by atoms with E-state index in [1.54, 1.807) is 18.2 Å². The van der Waals surface area contributed by atoms with E-state index in [2.05, 4.69) is 0 Å². The molecule has 2 aromatic rings. The summed E-state index contributed by atoms with van der Waals surface area (Å²) in [7, 11) is 0. The molecule has 0 aliphatic rings. The highest BCUT2D eigenvalue weighted by Gasteiger charge is 2.06. The van der Waals surface area contributed by atoms with Gasteiger partial charge in [-0.2, -0.15) is 0 Å². The maximum atomic E-state index is 13.4. The van der Waals surface area contributed by atoms with E-state index in [1.807, 2.05) is 31.2 Å². The highest BCUT2D eigenvalue weighted by Crippen LogP contribution is 2.27. The summed E-state index contributed by atoms with van der Waals surface area (Å²) in [6.45, 7) is 1.82. The van der Waals surface area contributed by atoms with Crippen LogP contribution in [0.25, 0.3) is 0 Å². The highest BCUT2D eigenvalue weighted by atomic mass is 19.1. The summed E-state index contributed by atoms with van der Waals surface area (Å²) < 4.78 is 18.9. The number of benzene rings is 2. The molecule has 0 amide bonds. The first-order chi connectivity index (χ1) is 7.27. The van der Waals surface area contributed by atoms with E-state index >= 15 is 0 Å². The second kappa shape index (κ2) is 4.13. The second-order valence-corrected chi connectivity index (χ2v) is 3.30. The predicted octanol–water partition coefficient (Wildman–Crippen LogP) is 3.93. The molecule has 0 spiro atoms. The molecule has 0 atom stereocenters. The van der Waals surface area contributed by atoms with Gasteiger partial charge in [0.15, 0.2) is 11.6 Å². The van der Waals surface area contributed by atoms with Crippen molar-refractivity contribution in [2.24, 2.45) is 0 Å². The standard InChI is InChI=1S/C13H11FO/c1-10-6-5-9-12(14)13(10)15-11-7-3-2-4-8-11/h2-9H,1H3. The third-order valence-electron chi connectivity index (χ3n) is 2.13. The molecule has 2 rings (SSSR count). The van der Waals surface area contributed by atoms with Crippen LogP contribution in [-0.2, 0) is 0 Å². The Balaban J connectivity index is 2.32. The molecule has 0 saturated carbocycles. The smallest absolute Gasteiger partial charge is 0.165 e. The van der Waals surface area contributed by atoms with Gasteiger partial charge in [0, 0.05) is 0 Å². The molecule has 0 aliphatic heterocycles. The van der Waals surface area contributed by atoms with Crippen molar-refractivity contribution in [2.45, 2.75) is 6.92 Å². The zero-order valence-corrected chi connectivity index (χ0v) is 8.41. The topological polar surface area (TPSA) is 9.23 Å². The van der Waals surface area contributed by atoms with Crippen LogP contribution in [0.2, 0.25) is 0 Å². The fourth-order valence-corrected chi connectivity index (χ4v) is 1.35. The van der Waals surface area contributed by atoms with Gasteiger partial charge in [-0.3, -0.25) is 0 Å². The largest absolute Gasteiger partial charge is 0.454 e. The third-order valence-corrected chi connectivity index (χ3v) is 2.13. The van der Waals surface area contributed by atoms with Crippen molar-refractivity contribution in [3.63, 3.8) is 0 Å². The van der Waals surface area contributed by atoms with Crippen molar-refractivity contribution in [1.29, 1.82) is 0 Å². The first-order valence-corrected chi connectivity index (χ1v) is 4.75. The SMILES string of the molecule is Cc1cccc(F)c1Oc1ccccc1. The number of hydrogen-bond donors (Lipinski definition) is 0. The lowest BCUT2D eigenvalue weighted by molar-refractivity contribution is 0.438. The molecule has 0 bridgehead atoms. The molecule has 0 N–H and O–H groups in total. The predicted molar refractivity (Wildman–Crippen MR) is 57.7 cm³/mol. The summed E-state index contributed by atoms with van der Waals surface area (Å²) in [6, 6.07) is 14.1. The lowest BCUT2D eigenvalue weighted by Crippen LogP contribution is -1.90. The summed E-state index contributed by atoms with van der Waals surface area (Å²) in [5.74, 6) is 0.605. The van der Waals surface area contributed by atoms with Crippen LogP contribution in [0.1, 0.15) is 5.56 Å². The Hall–Kier alpha value is -1.83. The van der Waals surface area contributed by atoms with Crippen molar-refractivity contribution in [3.05, 3.63) is 59.9 Å². The minimum atomic E-state index is -0.334. The lowest BCUT2D eigenvalue weighted by atomic mass is 10.2. The van der Waals surface area contributed by atoms with E-state index in [0.29, 0.717) is 11.5 Å². The quantitative estimate of drug-likeness (QED) is 0.717. The molecule has 0 aliphatic carbocycles. The fourth-order valence-electron chi connectivity index (χ4n) is 1.35. The fraction of sp³-hybridized carbons (Fsp3) is 0.0769. The molecule has 0 saturated heterocycles. The van der Waals surface area contributed by atoms with Gasteiger partial charge in [0.05, 0.1) is 0 Å². The number of aryl methyl sites for hydroxylation is 1. The summed E-state index contributed by atoms with van der Waals surface area (Å²) >= 11 is 0. The van der Waals surface area contributed by atoms with Gasteiger partial charge in [0.1, 0.15) is 5.75 Å². The van der Waals surface area contributed by atoms with Gasteiger partial charge < -0.3 is 4.74 Å². The Bertz CT molecular complexity index is 431. The van der Waals surface area contributed by atoms with Crippen LogP contribution < -0.4 is 4.74 Å². The third kappa shape index (κ3) is 2.15. The molecule has 2 heteroatoms. The van der Waals surface area contributed by atoms with Gasteiger partial charge in [-0.1, -0.05) is 30.3 Å². The van der Waals surface area contributed by atoms with Crippen LogP contribution in [-0.4, -0.2) is 0 Å². The molecular weight excluding hydrogens is 191 g/mol.